The van der Waals surface area contributed by atoms with Gasteiger partial charge in [0.05, 0.1) is 7.11 Å². The first kappa shape index (κ1) is 12.0. The van der Waals surface area contributed by atoms with Gasteiger partial charge in [0.15, 0.2) is 5.82 Å². The largest absolute Gasteiger partial charge is 0.467 e. The van der Waals surface area contributed by atoms with Gasteiger partial charge in [0.25, 0.3) is 0 Å². The Kier molecular flexibility index (Phi) is 3.84. The van der Waals surface area contributed by atoms with Crippen LogP contribution in [0.25, 0.3) is 0 Å². The summed E-state index contributed by atoms with van der Waals surface area (Å²) in [5.74, 6) is 1.48. The van der Waals surface area contributed by atoms with E-state index in [1.54, 1.807) is 7.05 Å². The Bertz CT molecular complexity index is 465. The number of ether oxygens (including phenoxy) is 1. The van der Waals surface area contributed by atoms with E-state index < -0.39 is 0 Å². The lowest BCUT2D eigenvalue weighted by Gasteiger charge is -2.06. The normalized spacial score (nSPS) is 10.1. The summed E-state index contributed by atoms with van der Waals surface area (Å²) >= 11 is 0. The van der Waals surface area contributed by atoms with Crippen molar-refractivity contribution in [3.8, 4) is 6.01 Å². The van der Waals surface area contributed by atoms with Gasteiger partial charge in [-0.1, -0.05) is 5.16 Å². The molecule has 0 aliphatic heterocycles. The molecule has 18 heavy (non-hydrogen) atoms. The predicted octanol–water partition coefficient (Wildman–Crippen LogP) is -0.0405. The van der Waals surface area contributed by atoms with Crippen LogP contribution in [0.15, 0.2) is 10.9 Å². The van der Waals surface area contributed by atoms with Gasteiger partial charge in [-0.15, -0.1) is 0 Å². The molecular weight excluding hydrogens is 238 g/mol. The Morgan fingerprint density at radius 1 is 1.28 bits per heavy atom. The van der Waals surface area contributed by atoms with Crippen LogP contribution in [-0.2, 0) is 6.42 Å². The lowest BCUT2D eigenvalue weighted by Crippen LogP contribution is -2.11. The first-order valence-electron chi connectivity index (χ1n) is 5.28. The van der Waals surface area contributed by atoms with Crippen LogP contribution in [-0.4, -0.2) is 45.8 Å². The highest BCUT2D eigenvalue weighted by Crippen LogP contribution is 2.09. The van der Waals surface area contributed by atoms with Crippen molar-refractivity contribution in [2.24, 2.45) is 0 Å². The third kappa shape index (κ3) is 3.03. The topological polar surface area (TPSA) is 111 Å². The summed E-state index contributed by atoms with van der Waals surface area (Å²) in [5.41, 5.74) is 0. The lowest BCUT2D eigenvalue weighted by atomic mass is 10.4. The van der Waals surface area contributed by atoms with Gasteiger partial charge >= 0.3 is 6.01 Å². The van der Waals surface area contributed by atoms with Gasteiger partial charge in [-0.2, -0.15) is 19.9 Å². The summed E-state index contributed by atoms with van der Waals surface area (Å²) in [6, 6.07) is 0.247. The van der Waals surface area contributed by atoms with Gasteiger partial charge in [-0.25, -0.2) is 0 Å². The molecule has 0 amide bonds. The number of methoxy groups -OCH3 is 1. The van der Waals surface area contributed by atoms with E-state index in [4.69, 9.17) is 4.74 Å². The fraction of sp³-hybridized carbons (Fsp3) is 0.444. The number of anilines is 2. The van der Waals surface area contributed by atoms with E-state index in [2.05, 4.69) is 40.2 Å². The lowest BCUT2D eigenvalue weighted by molar-refractivity contribution is 0.379. The average Bonchev–Trinajstić information content (AvgIpc) is 2.91. The first-order valence-corrected chi connectivity index (χ1v) is 5.28. The summed E-state index contributed by atoms with van der Waals surface area (Å²) in [7, 11) is 3.22. The molecule has 0 bridgehead atoms. The maximum atomic E-state index is 4.97. The monoisotopic (exact) mass is 251 g/mol. The second-order valence-corrected chi connectivity index (χ2v) is 3.24. The molecule has 0 saturated heterocycles. The highest BCUT2D eigenvalue weighted by atomic mass is 16.5. The van der Waals surface area contributed by atoms with E-state index in [9.17, 15) is 0 Å². The molecule has 2 heterocycles. The van der Waals surface area contributed by atoms with Crippen LogP contribution in [0.5, 0.6) is 6.01 Å². The SMILES string of the molecule is CNc1nc(NCCc2ncon2)nc(OC)n1. The van der Waals surface area contributed by atoms with E-state index >= 15 is 0 Å². The summed E-state index contributed by atoms with van der Waals surface area (Å²) in [6.07, 6.45) is 1.90. The average molecular weight is 251 g/mol. The van der Waals surface area contributed by atoms with E-state index in [0.717, 1.165) is 0 Å². The fourth-order valence-electron chi connectivity index (χ4n) is 1.23. The molecule has 2 rings (SSSR count). The number of hydrogen-bond acceptors (Lipinski definition) is 9. The molecule has 9 heteroatoms. The molecule has 0 unspecified atom stereocenters. The van der Waals surface area contributed by atoms with Crippen molar-refractivity contribution in [2.45, 2.75) is 6.42 Å². The number of rotatable bonds is 6. The Morgan fingerprint density at radius 2 is 2.11 bits per heavy atom. The molecule has 0 fully saturated rings. The van der Waals surface area contributed by atoms with E-state index in [1.165, 1.54) is 13.5 Å². The molecule has 0 spiro atoms. The fourth-order valence-corrected chi connectivity index (χ4v) is 1.23. The van der Waals surface area contributed by atoms with E-state index in [1.807, 2.05) is 0 Å². The minimum Gasteiger partial charge on any atom is -0.467 e. The second-order valence-electron chi connectivity index (χ2n) is 3.24. The number of nitrogens with zero attached hydrogens (tertiary/aromatic N) is 5. The summed E-state index contributed by atoms with van der Waals surface area (Å²) < 4.78 is 9.60. The van der Waals surface area contributed by atoms with Gasteiger partial charge < -0.3 is 19.9 Å². The van der Waals surface area contributed by atoms with Gasteiger partial charge in [-0.3, -0.25) is 0 Å². The quantitative estimate of drug-likeness (QED) is 0.730. The standard InChI is InChI=1S/C9H13N7O2/c1-10-7-13-8(15-9(14-7)17-2)11-4-3-6-12-5-18-16-6/h5H,3-4H2,1-2H3,(H2,10,11,13,14,15). The Morgan fingerprint density at radius 3 is 2.78 bits per heavy atom. The van der Waals surface area contributed by atoms with Crippen molar-refractivity contribution < 1.29 is 9.26 Å². The van der Waals surface area contributed by atoms with Crippen LogP contribution < -0.4 is 15.4 Å². The van der Waals surface area contributed by atoms with Crippen molar-refractivity contribution in [1.82, 2.24) is 25.1 Å². The molecule has 96 valence electrons. The van der Waals surface area contributed by atoms with E-state index in [-0.39, 0.29) is 6.01 Å². The van der Waals surface area contributed by atoms with Gasteiger partial charge in [-0.05, 0) is 0 Å². The summed E-state index contributed by atoms with van der Waals surface area (Å²) in [5, 5.41) is 9.55. The second kappa shape index (κ2) is 5.75. The van der Waals surface area contributed by atoms with E-state index in [0.29, 0.717) is 30.7 Å². The van der Waals surface area contributed by atoms with Gasteiger partial charge in [0, 0.05) is 20.0 Å². The smallest absolute Gasteiger partial charge is 0.322 e. The van der Waals surface area contributed by atoms with Crippen molar-refractivity contribution in [3.05, 3.63) is 12.2 Å². The zero-order valence-electron chi connectivity index (χ0n) is 10.0. The van der Waals surface area contributed by atoms with Crippen LogP contribution in [0.2, 0.25) is 0 Å². The van der Waals surface area contributed by atoms with Crippen molar-refractivity contribution in [3.63, 3.8) is 0 Å². The third-order valence-corrected chi connectivity index (χ3v) is 2.06. The summed E-state index contributed by atoms with van der Waals surface area (Å²) in [4.78, 5) is 16.1. The molecule has 0 aromatic carbocycles. The maximum Gasteiger partial charge on any atom is 0.322 e. The molecule has 2 aromatic rings. The molecule has 0 atom stereocenters. The van der Waals surface area contributed by atoms with Crippen molar-refractivity contribution >= 4 is 11.9 Å². The van der Waals surface area contributed by atoms with Crippen LogP contribution in [0.4, 0.5) is 11.9 Å². The van der Waals surface area contributed by atoms with Crippen LogP contribution in [0.1, 0.15) is 5.82 Å². The predicted molar refractivity (Wildman–Crippen MR) is 62.4 cm³/mol. The summed E-state index contributed by atoms with van der Waals surface area (Å²) in [6.45, 7) is 0.579. The molecule has 2 N–H and O–H groups in total. The minimum absolute atomic E-state index is 0.247. The highest BCUT2D eigenvalue weighted by Gasteiger charge is 2.05. The highest BCUT2D eigenvalue weighted by molar-refractivity contribution is 5.35. The molecule has 0 saturated carbocycles. The number of aromatic nitrogens is 5. The van der Waals surface area contributed by atoms with Crippen LogP contribution >= 0.6 is 0 Å². The van der Waals surface area contributed by atoms with Crippen LogP contribution in [0.3, 0.4) is 0 Å². The van der Waals surface area contributed by atoms with Gasteiger partial charge in [0.2, 0.25) is 18.3 Å². The zero-order chi connectivity index (χ0) is 12.8. The molecule has 0 radical (unpaired) electrons. The number of nitrogens with one attached hydrogen (secondary N) is 2. The molecule has 9 nitrogen and oxygen atoms in total. The minimum atomic E-state index is 0.247. The first-order chi connectivity index (χ1) is 8.81. The Balaban J connectivity index is 1.95. The Labute approximate surface area is 103 Å². The maximum absolute atomic E-state index is 4.97. The molecule has 0 aliphatic rings. The van der Waals surface area contributed by atoms with Crippen LogP contribution in [0, 0.1) is 0 Å². The van der Waals surface area contributed by atoms with Gasteiger partial charge in [0.1, 0.15) is 0 Å². The molecule has 2 aromatic heterocycles. The molecule has 0 aliphatic carbocycles. The third-order valence-electron chi connectivity index (χ3n) is 2.06. The Hall–Kier alpha value is -2.45. The van der Waals surface area contributed by atoms with Crippen molar-refractivity contribution in [1.29, 1.82) is 0 Å². The zero-order valence-corrected chi connectivity index (χ0v) is 10.0. The number of hydrogen-bond donors (Lipinski definition) is 2. The van der Waals surface area contributed by atoms with Crippen molar-refractivity contribution in [2.75, 3.05) is 31.3 Å². The molecular formula is C9H13N7O2.